The minimum Gasteiger partial charge on any atom is -0.266 e. The van der Waals surface area contributed by atoms with Crippen LogP contribution in [0.1, 0.15) is 36.6 Å². The fourth-order valence-corrected chi connectivity index (χ4v) is 4.75. The Morgan fingerprint density at radius 3 is 2.35 bits per heavy atom. The fraction of sp³-hybridized carbons (Fsp3) is 0.231. The average molecular weight is 412 g/mol. The Hall–Kier alpha value is -3.44. The summed E-state index contributed by atoms with van der Waals surface area (Å²) in [6.07, 6.45) is 3.21. The van der Waals surface area contributed by atoms with E-state index < -0.39 is 5.60 Å². The normalized spacial score (nSPS) is 21.6. The van der Waals surface area contributed by atoms with Crippen LogP contribution in [0.3, 0.4) is 0 Å². The van der Waals surface area contributed by atoms with Crippen molar-refractivity contribution in [3.05, 3.63) is 112 Å². The predicted octanol–water partition coefficient (Wildman–Crippen LogP) is 6.12. The number of hydroxylamine groups is 1. The smallest absolute Gasteiger partial charge is 0.266 e. The van der Waals surface area contributed by atoms with Crippen LogP contribution in [0.5, 0.6) is 0 Å². The Labute approximate surface area is 181 Å². The summed E-state index contributed by atoms with van der Waals surface area (Å²) < 4.78 is 0. The van der Waals surface area contributed by atoms with Gasteiger partial charge in [-0.25, -0.2) is 5.06 Å². The molecule has 0 saturated carbocycles. The third kappa shape index (κ3) is 3.41. The number of nitro groups is 1. The van der Waals surface area contributed by atoms with Gasteiger partial charge in [0.25, 0.3) is 5.69 Å². The van der Waals surface area contributed by atoms with Crippen LogP contribution in [0.25, 0.3) is 5.57 Å². The molecule has 0 spiro atoms. The van der Waals surface area contributed by atoms with Crippen molar-refractivity contribution in [1.82, 2.24) is 0 Å². The van der Waals surface area contributed by atoms with E-state index in [9.17, 15) is 10.1 Å². The maximum absolute atomic E-state index is 11.2. The van der Waals surface area contributed by atoms with Gasteiger partial charge < -0.3 is 0 Å². The van der Waals surface area contributed by atoms with E-state index in [1.54, 1.807) is 12.1 Å². The van der Waals surface area contributed by atoms with Crippen molar-refractivity contribution in [2.75, 3.05) is 5.06 Å². The van der Waals surface area contributed by atoms with Gasteiger partial charge in [0.15, 0.2) is 0 Å². The zero-order valence-corrected chi connectivity index (χ0v) is 17.6. The van der Waals surface area contributed by atoms with Gasteiger partial charge in [-0.3, -0.25) is 15.0 Å². The van der Waals surface area contributed by atoms with Crippen LogP contribution in [-0.4, -0.2) is 10.5 Å². The molecule has 0 radical (unpaired) electrons. The van der Waals surface area contributed by atoms with E-state index in [2.05, 4.69) is 44.2 Å². The molecule has 3 aromatic rings. The first-order chi connectivity index (χ1) is 14.9. The van der Waals surface area contributed by atoms with Crippen LogP contribution in [-0.2, 0) is 11.3 Å². The Morgan fingerprint density at radius 1 is 0.968 bits per heavy atom. The second-order valence-corrected chi connectivity index (χ2v) is 8.69. The molecule has 2 atom stereocenters. The van der Waals surface area contributed by atoms with E-state index in [4.69, 9.17) is 4.84 Å². The predicted molar refractivity (Wildman–Crippen MR) is 122 cm³/mol. The number of anilines is 1. The highest BCUT2D eigenvalue weighted by atomic mass is 16.7. The molecule has 0 unspecified atom stereocenters. The molecule has 31 heavy (non-hydrogen) atoms. The van der Waals surface area contributed by atoms with E-state index in [0.29, 0.717) is 0 Å². The fourth-order valence-electron chi connectivity index (χ4n) is 4.75. The summed E-state index contributed by atoms with van der Waals surface area (Å²) in [5.41, 5.74) is 5.43. The van der Waals surface area contributed by atoms with Gasteiger partial charge in [0.2, 0.25) is 0 Å². The molecule has 0 aromatic heterocycles. The summed E-state index contributed by atoms with van der Waals surface area (Å²) in [5, 5.41) is 13.1. The van der Waals surface area contributed by atoms with E-state index in [-0.39, 0.29) is 22.6 Å². The lowest BCUT2D eigenvalue weighted by atomic mass is 9.84. The van der Waals surface area contributed by atoms with Crippen LogP contribution in [0.4, 0.5) is 11.4 Å². The molecule has 5 heteroatoms. The molecule has 1 aliphatic heterocycles. The maximum atomic E-state index is 11.2. The van der Waals surface area contributed by atoms with Crippen molar-refractivity contribution < 1.29 is 9.76 Å². The quantitative estimate of drug-likeness (QED) is 0.384. The van der Waals surface area contributed by atoms with Crippen LogP contribution in [0.2, 0.25) is 0 Å². The lowest BCUT2D eigenvalue weighted by Crippen LogP contribution is -2.41. The van der Waals surface area contributed by atoms with Gasteiger partial charge in [-0.05, 0) is 66.8 Å². The first kappa shape index (κ1) is 19.5. The highest BCUT2D eigenvalue weighted by Crippen LogP contribution is 2.49. The first-order valence-corrected chi connectivity index (χ1v) is 10.5. The molecule has 5 rings (SSSR count). The molecule has 0 bridgehead atoms. The Bertz CT molecular complexity index is 1150. The second-order valence-electron chi connectivity index (χ2n) is 8.69. The summed E-state index contributed by atoms with van der Waals surface area (Å²) in [4.78, 5) is 17.5. The highest BCUT2D eigenvalue weighted by Gasteiger charge is 2.44. The van der Waals surface area contributed by atoms with Crippen molar-refractivity contribution in [3.8, 4) is 0 Å². The second kappa shape index (κ2) is 7.36. The largest absolute Gasteiger partial charge is 0.269 e. The van der Waals surface area contributed by atoms with Gasteiger partial charge in [0.1, 0.15) is 6.04 Å². The number of para-hydroxylation sites is 1. The minimum absolute atomic E-state index is 0.0848. The number of nitrogens with zero attached hydrogens (tertiary/aromatic N) is 2. The average Bonchev–Trinajstić information content (AvgIpc) is 3.11. The third-order valence-electron chi connectivity index (χ3n) is 6.35. The van der Waals surface area contributed by atoms with Gasteiger partial charge in [-0.2, -0.15) is 0 Å². The molecule has 0 fully saturated rings. The van der Waals surface area contributed by atoms with Gasteiger partial charge in [-0.1, -0.05) is 48.5 Å². The number of benzene rings is 3. The van der Waals surface area contributed by atoms with Crippen LogP contribution >= 0.6 is 0 Å². The number of rotatable bonds is 3. The zero-order chi connectivity index (χ0) is 21.6. The first-order valence-electron chi connectivity index (χ1n) is 10.5. The molecule has 2 aliphatic rings. The molecule has 5 nitrogen and oxygen atoms in total. The van der Waals surface area contributed by atoms with E-state index in [0.717, 1.165) is 17.7 Å². The number of hydrogen-bond donors (Lipinski definition) is 0. The summed E-state index contributed by atoms with van der Waals surface area (Å²) >= 11 is 0. The lowest BCUT2D eigenvalue weighted by molar-refractivity contribution is -0.384. The van der Waals surface area contributed by atoms with Crippen molar-refractivity contribution >= 4 is 16.9 Å². The standard InChI is InChI=1S/C26H24N2O3/c1-26(2)24-16-19-8-6-7-11-22(19)23(24)17-25(18-12-14-21(15-13-18)28(29)30)27(31-26)20-9-4-3-5-10-20/h3-15,17,24-25H,16H2,1-2H3/t24-,25-/m0/s1. The van der Waals surface area contributed by atoms with Crippen molar-refractivity contribution in [3.63, 3.8) is 0 Å². The molecule has 156 valence electrons. The summed E-state index contributed by atoms with van der Waals surface area (Å²) in [5.74, 6) is 0.221. The van der Waals surface area contributed by atoms with E-state index in [1.807, 2.05) is 47.5 Å². The molecule has 1 heterocycles. The number of non-ortho nitro benzene ring substituents is 1. The van der Waals surface area contributed by atoms with Gasteiger partial charge in [-0.15, -0.1) is 0 Å². The van der Waals surface area contributed by atoms with Crippen LogP contribution < -0.4 is 5.06 Å². The highest BCUT2D eigenvalue weighted by molar-refractivity contribution is 5.77. The molecular weight excluding hydrogens is 388 g/mol. The minimum atomic E-state index is -0.434. The molecule has 0 saturated heterocycles. The number of fused-ring (bicyclic) bond motifs is 3. The van der Waals surface area contributed by atoms with Gasteiger partial charge >= 0.3 is 0 Å². The van der Waals surface area contributed by atoms with Crippen LogP contribution in [0, 0.1) is 16.0 Å². The molecule has 0 amide bonds. The Balaban J connectivity index is 1.69. The van der Waals surface area contributed by atoms with Crippen molar-refractivity contribution in [1.29, 1.82) is 0 Å². The molecule has 1 aliphatic carbocycles. The van der Waals surface area contributed by atoms with Gasteiger partial charge in [0, 0.05) is 18.1 Å². The number of nitro benzene ring substituents is 1. The third-order valence-corrected chi connectivity index (χ3v) is 6.35. The maximum Gasteiger partial charge on any atom is 0.269 e. The summed E-state index contributed by atoms with van der Waals surface area (Å²) in [6, 6.07) is 25.1. The Morgan fingerprint density at radius 2 is 1.65 bits per heavy atom. The zero-order valence-electron chi connectivity index (χ0n) is 17.6. The summed E-state index contributed by atoms with van der Waals surface area (Å²) in [6.45, 7) is 4.29. The van der Waals surface area contributed by atoms with Crippen molar-refractivity contribution in [2.45, 2.75) is 31.9 Å². The number of hydrogen-bond acceptors (Lipinski definition) is 4. The van der Waals surface area contributed by atoms with Crippen molar-refractivity contribution in [2.24, 2.45) is 5.92 Å². The summed E-state index contributed by atoms with van der Waals surface area (Å²) in [7, 11) is 0. The SMILES string of the molecule is CC1(C)ON(c2ccccc2)[C@H](c2ccc([N+](=O)[O-])cc2)C=C2c3ccccc3C[C@@H]21. The van der Waals surface area contributed by atoms with E-state index in [1.165, 1.54) is 16.7 Å². The van der Waals surface area contributed by atoms with E-state index >= 15 is 0 Å². The topological polar surface area (TPSA) is 55.6 Å². The van der Waals surface area contributed by atoms with Crippen LogP contribution in [0.15, 0.2) is 84.9 Å². The monoisotopic (exact) mass is 412 g/mol. The molecular formula is C26H24N2O3. The van der Waals surface area contributed by atoms with Gasteiger partial charge in [0.05, 0.1) is 16.2 Å². The lowest BCUT2D eigenvalue weighted by Gasteiger charge is -2.38. The molecule has 0 N–H and O–H groups in total. The Kier molecular flexibility index (Phi) is 4.63. The molecule has 3 aromatic carbocycles.